The van der Waals surface area contributed by atoms with E-state index in [1.165, 1.54) is 11.1 Å². The third kappa shape index (κ3) is 5.57. The van der Waals surface area contributed by atoms with Crippen LogP contribution in [0.25, 0.3) is 11.1 Å². The van der Waals surface area contributed by atoms with Crippen LogP contribution in [0.4, 0.5) is 4.79 Å². The van der Waals surface area contributed by atoms with Gasteiger partial charge in [0.05, 0.1) is 12.3 Å². The van der Waals surface area contributed by atoms with Crippen molar-refractivity contribution in [1.29, 1.82) is 0 Å². The molecule has 1 fully saturated rings. The van der Waals surface area contributed by atoms with Crippen LogP contribution in [0.1, 0.15) is 48.3 Å². The van der Waals surface area contributed by atoms with Crippen LogP contribution in [0.3, 0.4) is 0 Å². The van der Waals surface area contributed by atoms with Crippen molar-refractivity contribution in [2.45, 2.75) is 44.2 Å². The summed E-state index contributed by atoms with van der Waals surface area (Å²) in [7, 11) is 0. The van der Waals surface area contributed by atoms with Crippen LogP contribution in [0.2, 0.25) is 0 Å². The molecular weight excluding hydrogens is 480 g/mol. The maximum atomic E-state index is 13.5. The lowest BCUT2D eigenvalue weighted by molar-refractivity contribution is -0.140. The standard InChI is InChI=1S/C31H32N2O5/c34-29(35)17-18-33(19-21-9-2-1-3-10-21)30(36)26-15-8-16-28(26)32-31(37)38-20-27-24-13-6-4-11-22(24)23-12-5-7-14-25(23)27/h1-7,9-14,26-28H,8,15-20H2,(H,32,37)(H,34,35)/t26-,28+/m1/s1. The minimum Gasteiger partial charge on any atom is -0.481 e. The summed E-state index contributed by atoms with van der Waals surface area (Å²) < 4.78 is 5.71. The Morgan fingerprint density at radius 3 is 2.16 bits per heavy atom. The van der Waals surface area contributed by atoms with Crippen molar-refractivity contribution in [2.24, 2.45) is 5.92 Å². The Kier molecular flexibility index (Phi) is 7.73. The van der Waals surface area contributed by atoms with E-state index in [2.05, 4.69) is 29.6 Å². The fourth-order valence-electron chi connectivity index (χ4n) is 5.76. The van der Waals surface area contributed by atoms with Gasteiger partial charge < -0.3 is 20.1 Å². The Hall–Kier alpha value is -4.13. The molecule has 196 valence electrons. The molecular formula is C31H32N2O5. The van der Waals surface area contributed by atoms with E-state index in [-0.39, 0.29) is 37.4 Å². The third-order valence-corrected chi connectivity index (χ3v) is 7.60. The summed E-state index contributed by atoms with van der Waals surface area (Å²) in [5, 5.41) is 12.1. The van der Waals surface area contributed by atoms with E-state index >= 15 is 0 Å². The number of aliphatic carboxylic acids is 1. The lowest BCUT2D eigenvalue weighted by atomic mass is 9.98. The number of hydrogen-bond donors (Lipinski definition) is 2. The number of benzene rings is 3. The molecule has 0 spiro atoms. The SMILES string of the molecule is O=C(O)CCN(Cc1ccccc1)C(=O)[C@@H]1CCC[C@@H]1NC(=O)OCC1c2ccccc2-c2ccccc21. The van der Waals surface area contributed by atoms with Gasteiger partial charge in [-0.25, -0.2) is 4.79 Å². The summed E-state index contributed by atoms with van der Waals surface area (Å²) in [4.78, 5) is 39.3. The van der Waals surface area contributed by atoms with Gasteiger partial charge in [-0.3, -0.25) is 9.59 Å². The number of nitrogens with one attached hydrogen (secondary N) is 1. The fourth-order valence-corrected chi connectivity index (χ4v) is 5.76. The number of carboxylic acids is 1. The summed E-state index contributed by atoms with van der Waals surface area (Å²) in [5.41, 5.74) is 5.55. The van der Waals surface area contributed by atoms with Crippen LogP contribution < -0.4 is 5.32 Å². The minimum absolute atomic E-state index is 0.0356. The maximum absolute atomic E-state index is 13.5. The number of fused-ring (bicyclic) bond motifs is 3. The number of carbonyl (C=O) groups excluding carboxylic acids is 2. The number of alkyl carbamates (subject to hydrolysis) is 1. The Labute approximate surface area is 222 Å². The number of carbonyl (C=O) groups is 3. The van der Waals surface area contributed by atoms with Crippen LogP contribution in [0, 0.1) is 5.92 Å². The molecule has 2 amide bonds. The summed E-state index contributed by atoms with van der Waals surface area (Å²) in [6, 6.07) is 25.5. The molecule has 3 aromatic rings. The van der Waals surface area contributed by atoms with Crippen molar-refractivity contribution >= 4 is 18.0 Å². The lowest BCUT2D eigenvalue weighted by Gasteiger charge is -2.28. The van der Waals surface area contributed by atoms with Crippen LogP contribution >= 0.6 is 0 Å². The van der Waals surface area contributed by atoms with Crippen molar-refractivity contribution in [3.63, 3.8) is 0 Å². The van der Waals surface area contributed by atoms with Crippen molar-refractivity contribution in [2.75, 3.05) is 13.2 Å². The summed E-state index contributed by atoms with van der Waals surface area (Å²) >= 11 is 0. The lowest BCUT2D eigenvalue weighted by Crippen LogP contribution is -2.46. The van der Waals surface area contributed by atoms with Crippen molar-refractivity contribution in [3.05, 3.63) is 95.6 Å². The van der Waals surface area contributed by atoms with Gasteiger partial charge in [-0.2, -0.15) is 0 Å². The monoisotopic (exact) mass is 512 g/mol. The highest BCUT2D eigenvalue weighted by molar-refractivity contribution is 5.82. The van der Waals surface area contributed by atoms with Gasteiger partial charge in [-0.1, -0.05) is 85.3 Å². The Morgan fingerprint density at radius 1 is 0.868 bits per heavy atom. The quantitative estimate of drug-likeness (QED) is 0.411. The first kappa shape index (κ1) is 25.5. The molecule has 0 radical (unpaired) electrons. The van der Waals surface area contributed by atoms with Gasteiger partial charge in [0.25, 0.3) is 0 Å². The van der Waals surface area contributed by atoms with Crippen molar-refractivity contribution in [1.82, 2.24) is 10.2 Å². The zero-order chi connectivity index (χ0) is 26.5. The number of rotatable bonds is 9. The Bertz CT molecular complexity index is 1260. The molecule has 0 heterocycles. The zero-order valence-electron chi connectivity index (χ0n) is 21.2. The molecule has 2 aliphatic carbocycles. The van der Waals surface area contributed by atoms with Gasteiger partial charge in [0, 0.05) is 25.0 Å². The maximum Gasteiger partial charge on any atom is 0.407 e. The molecule has 2 aliphatic rings. The molecule has 7 nitrogen and oxygen atoms in total. The van der Waals surface area contributed by atoms with E-state index < -0.39 is 18.0 Å². The fraction of sp³-hybridized carbons (Fsp3) is 0.323. The predicted octanol–water partition coefficient (Wildman–Crippen LogP) is 5.20. The minimum atomic E-state index is -0.949. The third-order valence-electron chi connectivity index (χ3n) is 7.60. The smallest absolute Gasteiger partial charge is 0.407 e. The highest BCUT2D eigenvalue weighted by atomic mass is 16.5. The normalized spacial score (nSPS) is 17.9. The average molecular weight is 513 g/mol. The second-order valence-electron chi connectivity index (χ2n) is 10.0. The van der Waals surface area contributed by atoms with Crippen LogP contribution in [0.15, 0.2) is 78.9 Å². The first-order valence-corrected chi connectivity index (χ1v) is 13.2. The molecule has 0 aromatic heterocycles. The van der Waals surface area contributed by atoms with Gasteiger partial charge in [-0.15, -0.1) is 0 Å². The van der Waals surface area contributed by atoms with Gasteiger partial charge in [0.1, 0.15) is 6.61 Å². The Balaban J connectivity index is 1.23. The van der Waals surface area contributed by atoms with Crippen LogP contribution in [-0.2, 0) is 20.9 Å². The number of amides is 2. The van der Waals surface area contributed by atoms with E-state index in [1.54, 1.807) is 4.90 Å². The van der Waals surface area contributed by atoms with Gasteiger partial charge in [-0.05, 0) is 40.7 Å². The molecule has 2 N–H and O–H groups in total. The topological polar surface area (TPSA) is 95.9 Å². The molecule has 0 bridgehead atoms. The summed E-state index contributed by atoms with van der Waals surface area (Å²) in [5.74, 6) is -1.52. The van der Waals surface area contributed by atoms with Gasteiger partial charge in [0.15, 0.2) is 0 Å². The molecule has 38 heavy (non-hydrogen) atoms. The second-order valence-corrected chi connectivity index (χ2v) is 10.0. The predicted molar refractivity (Wildman–Crippen MR) is 143 cm³/mol. The first-order valence-electron chi connectivity index (χ1n) is 13.2. The molecule has 0 unspecified atom stereocenters. The molecule has 0 aliphatic heterocycles. The van der Waals surface area contributed by atoms with Gasteiger partial charge in [0.2, 0.25) is 5.91 Å². The molecule has 5 rings (SSSR count). The number of hydrogen-bond acceptors (Lipinski definition) is 4. The van der Waals surface area contributed by atoms with E-state index in [0.29, 0.717) is 19.4 Å². The van der Waals surface area contributed by atoms with Crippen molar-refractivity contribution in [3.8, 4) is 11.1 Å². The molecule has 7 heteroatoms. The highest BCUT2D eigenvalue weighted by Crippen LogP contribution is 2.44. The Morgan fingerprint density at radius 2 is 1.50 bits per heavy atom. The van der Waals surface area contributed by atoms with Crippen LogP contribution in [-0.4, -0.2) is 47.2 Å². The average Bonchev–Trinajstić information content (AvgIpc) is 3.52. The number of carboxylic acid groups (broad SMARTS) is 1. The first-order chi connectivity index (χ1) is 18.5. The van der Waals surface area contributed by atoms with E-state index in [4.69, 9.17) is 4.74 Å². The molecule has 0 saturated heterocycles. The van der Waals surface area contributed by atoms with E-state index in [0.717, 1.165) is 23.1 Å². The number of ether oxygens (including phenoxy) is 1. The van der Waals surface area contributed by atoms with E-state index in [1.807, 2.05) is 54.6 Å². The number of nitrogens with zero attached hydrogens (tertiary/aromatic N) is 1. The highest BCUT2D eigenvalue weighted by Gasteiger charge is 2.37. The van der Waals surface area contributed by atoms with Crippen molar-refractivity contribution < 1.29 is 24.2 Å². The molecule has 2 atom stereocenters. The molecule has 1 saturated carbocycles. The van der Waals surface area contributed by atoms with Gasteiger partial charge >= 0.3 is 12.1 Å². The zero-order valence-corrected chi connectivity index (χ0v) is 21.2. The van der Waals surface area contributed by atoms with E-state index in [9.17, 15) is 19.5 Å². The molecule has 3 aromatic carbocycles. The summed E-state index contributed by atoms with van der Waals surface area (Å²) in [6.45, 7) is 0.669. The largest absolute Gasteiger partial charge is 0.481 e. The second kappa shape index (κ2) is 11.5. The van der Waals surface area contributed by atoms with Crippen LogP contribution in [0.5, 0.6) is 0 Å². The summed E-state index contributed by atoms with van der Waals surface area (Å²) in [6.07, 6.45) is 1.47.